The van der Waals surface area contributed by atoms with Crippen LogP contribution in [0.2, 0.25) is 0 Å². The quantitative estimate of drug-likeness (QED) is 0.890. The Labute approximate surface area is 131 Å². The van der Waals surface area contributed by atoms with E-state index in [4.69, 9.17) is 5.73 Å². The lowest BCUT2D eigenvalue weighted by molar-refractivity contribution is 0.0928. The highest BCUT2D eigenvalue weighted by Gasteiger charge is 2.38. The molecule has 0 aromatic heterocycles. The summed E-state index contributed by atoms with van der Waals surface area (Å²) in [6.45, 7) is 1.20. The molecule has 1 amide bonds. The fourth-order valence-electron chi connectivity index (χ4n) is 3.11. The van der Waals surface area contributed by atoms with Crippen LogP contribution in [0.5, 0.6) is 0 Å². The van der Waals surface area contributed by atoms with Crippen molar-refractivity contribution in [2.45, 2.75) is 31.2 Å². The van der Waals surface area contributed by atoms with Crippen LogP contribution in [-0.2, 0) is 12.0 Å². The fraction of sp³-hybridized carbons (Fsp3) is 0.316. The lowest BCUT2D eigenvalue weighted by Crippen LogP contribution is -2.45. The van der Waals surface area contributed by atoms with E-state index in [2.05, 4.69) is 29.6 Å². The van der Waals surface area contributed by atoms with Crippen molar-refractivity contribution in [2.24, 2.45) is 5.73 Å². The first-order chi connectivity index (χ1) is 10.7. The molecule has 3 heteroatoms. The zero-order chi connectivity index (χ0) is 15.4. The van der Waals surface area contributed by atoms with Crippen LogP contribution in [0.1, 0.15) is 40.7 Å². The molecule has 0 heterocycles. The average Bonchev–Trinajstić information content (AvgIpc) is 2.55. The normalized spacial score (nSPS) is 15.9. The molecule has 114 valence electrons. The molecule has 0 saturated heterocycles. The Balaban J connectivity index is 1.66. The Bertz CT molecular complexity index is 630. The minimum absolute atomic E-state index is 0.00854. The van der Waals surface area contributed by atoms with E-state index in [1.54, 1.807) is 0 Å². The standard InChI is InChI=1S/C19H22N2O/c20-13-15-7-9-16(10-8-15)18(22)21-14-19(11-4-12-19)17-5-2-1-3-6-17/h1-3,5-10H,4,11-14,20H2,(H,21,22). The van der Waals surface area contributed by atoms with Crippen molar-refractivity contribution in [2.75, 3.05) is 6.54 Å². The van der Waals surface area contributed by atoms with Gasteiger partial charge in [0.05, 0.1) is 0 Å². The maximum absolute atomic E-state index is 12.3. The highest BCUT2D eigenvalue weighted by Crippen LogP contribution is 2.43. The van der Waals surface area contributed by atoms with Crippen molar-refractivity contribution in [3.05, 3.63) is 71.3 Å². The van der Waals surface area contributed by atoms with Crippen molar-refractivity contribution in [1.82, 2.24) is 5.32 Å². The van der Waals surface area contributed by atoms with Gasteiger partial charge in [-0.25, -0.2) is 0 Å². The molecule has 1 aliphatic carbocycles. The summed E-state index contributed by atoms with van der Waals surface area (Å²) in [6.07, 6.45) is 3.52. The molecule has 0 bridgehead atoms. The van der Waals surface area contributed by atoms with Crippen molar-refractivity contribution in [3.63, 3.8) is 0 Å². The zero-order valence-electron chi connectivity index (χ0n) is 12.7. The van der Waals surface area contributed by atoms with Crippen LogP contribution in [0.15, 0.2) is 54.6 Å². The van der Waals surface area contributed by atoms with Gasteiger partial charge in [-0.2, -0.15) is 0 Å². The van der Waals surface area contributed by atoms with Gasteiger partial charge in [-0.3, -0.25) is 4.79 Å². The van der Waals surface area contributed by atoms with E-state index in [1.165, 1.54) is 12.0 Å². The van der Waals surface area contributed by atoms with Crippen LogP contribution in [0, 0.1) is 0 Å². The largest absolute Gasteiger partial charge is 0.351 e. The Morgan fingerprint density at radius 2 is 1.73 bits per heavy atom. The summed E-state index contributed by atoms with van der Waals surface area (Å²) in [4.78, 5) is 12.3. The summed E-state index contributed by atoms with van der Waals surface area (Å²) in [7, 11) is 0. The van der Waals surface area contributed by atoms with Gasteiger partial charge in [0.2, 0.25) is 0 Å². The lowest BCUT2D eigenvalue weighted by atomic mass is 9.64. The Hall–Kier alpha value is -2.13. The molecule has 2 aromatic rings. The number of benzene rings is 2. The highest BCUT2D eigenvalue weighted by molar-refractivity contribution is 5.94. The topological polar surface area (TPSA) is 55.1 Å². The SMILES string of the molecule is NCc1ccc(C(=O)NCC2(c3ccccc3)CCC2)cc1. The summed E-state index contributed by atoms with van der Waals surface area (Å²) in [5, 5.41) is 3.11. The van der Waals surface area contributed by atoms with Crippen molar-refractivity contribution < 1.29 is 4.79 Å². The predicted molar refractivity (Wildman–Crippen MR) is 88.6 cm³/mol. The minimum atomic E-state index is -0.00854. The first-order valence-corrected chi connectivity index (χ1v) is 7.86. The Morgan fingerprint density at radius 3 is 2.27 bits per heavy atom. The third-order valence-corrected chi connectivity index (χ3v) is 4.74. The summed E-state index contributed by atoms with van der Waals surface area (Å²) in [5.41, 5.74) is 8.77. The summed E-state index contributed by atoms with van der Waals surface area (Å²) >= 11 is 0. The molecule has 0 spiro atoms. The number of carbonyl (C=O) groups is 1. The maximum atomic E-state index is 12.3. The highest BCUT2D eigenvalue weighted by atomic mass is 16.1. The molecule has 0 aliphatic heterocycles. The molecule has 0 unspecified atom stereocenters. The van der Waals surface area contributed by atoms with E-state index >= 15 is 0 Å². The number of carbonyl (C=O) groups excluding carboxylic acids is 1. The molecule has 1 fully saturated rings. The molecule has 0 atom stereocenters. The number of nitrogens with two attached hydrogens (primary N) is 1. The van der Waals surface area contributed by atoms with Gasteiger partial charge in [0, 0.05) is 24.1 Å². The van der Waals surface area contributed by atoms with Crippen molar-refractivity contribution >= 4 is 5.91 Å². The summed E-state index contributed by atoms with van der Waals surface area (Å²) in [6, 6.07) is 18.0. The molecule has 3 N–H and O–H groups in total. The molecule has 22 heavy (non-hydrogen) atoms. The first-order valence-electron chi connectivity index (χ1n) is 7.86. The summed E-state index contributed by atoms with van der Waals surface area (Å²) in [5.74, 6) is -0.00854. The maximum Gasteiger partial charge on any atom is 0.251 e. The monoisotopic (exact) mass is 294 g/mol. The summed E-state index contributed by atoms with van der Waals surface area (Å²) < 4.78 is 0. The van der Waals surface area contributed by atoms with Gasteiger partial charge >= 0.3 is 0 Å². The van der Waals surface area contributed by atoms with Crippen molar-refractivity contribution in [3.8, 4) is 0 Å². The number of rotatable bonds is 5. The molecular weight excluding hydrogens is 272 g/mol. The van der Waals surface area contributed by atoms with E-state index < -0.39 is 0 Å². The van der Waals surface area contributed by atoms with E-state index in [1.807, 2.05) is 30.3 Å². The van der Waals surface area contributed by atoms with Gasteiger partial charge in [-0.1, -0.05) is 48.9 Å². The number of hydrogen-bond acceptors (Lipinski definition) is 2. The number of hydrogen-bond donors (Lipinski definition) is 2. The molecule has 3 rings (SSSR count). The van der Waals surface area contributed by atoms with Crippen LogP contribution in [0.3, 0.4) is 0 Å². The second-order valence-electron chi connectivity index (χ2n) is 6.08. The third-order valence-electron chi connectivity index (χ3n) is 4.74. The van der Waals surface area contributed by atoms with Crippen LogP contribution in [0.25, 0.3) is 0 Å². The average molecular weight is 294 g/mol. The second kappa shape index (κ2) is 6.32. The van der Waals surface area contributed by atoms with Crippen LogP contribution in [-0.4, -0.2) is 12.5 Å². The predicted octanol–water partition coefficient (Wildman–Crippen LogP) is 3.00. The smallest absolute Gasteiger partial charge is 0.251 e. The number of amides is 1. The second-order valence-corrected chi connectivity index (χ2v) is 6.08. The third kappa shape index (κ3) is 2.90. The minimum Gasteiger partial charge on any atom is -0.351 e. The van der Waals surface area contributed by atoms with Gasteiger partial charge in [-0.05, 0) is 36.1 Å². The molecule has 0 radical (unpaired) electrons. The van der Waals surface area contributed by atoms with Gasteiger partial charge in [-0.15, -0.1) is 0 Å². The molecular formula is C19H22N2O. The molecule has 1 aliphatic rings. The van der Waals surface area contributed by atoms with Gasteiger partial charge in [0.15, 0.2) is 0 Å². The molecule has 1 saturated carbocycles. The van der Waals surface area contributed by atoms with E-state index in [0.717, 1.165) is 18.4 Å². The van der Waals surface area contributed by atoms with Crippen LogP contribution in [0.4, 0.5) is 0 Å². The lowest BCUT2D eigenvalue weighted by Gasteiger charge is -2.42. The molecule has 3 nitrogen and oxygen atoms in total. The zero-order valence-corrected chi connectivity index (χ0v) is 12.7. The number of nitrogens with one attached hydrogen (secondary N) is 1. The Kier molecular flexibility index (Phi) is 4.25. The van der Waals surface area contributed by atoms with Gasteiger partial charge in [0.1, 0.15) is 0 Å². The van der Waals surface area contributed by atoms with E-state index in [0.29, 0.717) is 18.7 Å². The van der Waals surface area contributed by atoms with E-state index in [9.17, 15) is 4.79 Å². The molecule has 2 aromatic carbocycles. The van der Waals surface area contributed by atoms with Crippen LogP contribution < -0.4 is 11.1 Å². The Morgan fingerprint density at radius 1 is 1.05 bits per heavy atom. The van der Waals surface area contributed by atoms with Crippen LogP contribution >= 0.6 is 0 Å². The van der Waals surface area contributed by atoms with E-state index in [-0.39, 0.29) is 11.3 Å². The van der Waals surface area contributed by atoms with Gasteiger partial charge < -0.3 is 11.1 Å². The fourth-order valence-corrected chi connectivity index (χ4v) is 3.11. The van der Waals surface area contributed by atoms with Crippen molar-refractivity contribution in [1.29, 1.82) is 0 Å². The van der Waals surface area contributed by atoms with Gasteiger partial charge in [0.25, 0.3) is 5.91 Å². The first kappa shape index (κ1) is 14.8.